The highest BCUT2D eigenvalue weighted by atomic mass is 35.5. The van der Waals surface area contributed by atoms with Gasteiger partial charge < -0.3 is 20.1 Å². The third-order valence-electron chi connectivity index (χ3n) is 10.2. The van der Waals surface area contributed by atoms with Gasteiger partial charge >= 0.3 is 0 Å². The SMILES string of the molecule is COc1ccc(C(=O)C(C(=O)Nc2cc(C=O)ccc2Cl)n2cnc3c(C)ncnc32)cc1.COc1ccc(C(=O)C(C(=O)Nc2cc(C=O)ccc2Cl)n2cnc3c(C)ncnc32)cc1. The fourth-order valence-corrected chi connectivity index (χ4v) is 7.04. The summed E-state index contributed by atoms with van der Waals surface area (Å²) in [6, 6.07) is 19.0. The van der Waals surface area contributed by atoms with Crippen LogP contribution >= 0.6 is 23.2 Å². The van der Waals surface area contributed by atoms with E-state index in [1.165, 1.54) is 85.1 Å². The van der Waals surface area contributed by atoms with E-state index in [-0.39, 0.29) is 32.5 Å². The number of carbonyl (C=O) groups excluding carboxylic acids is 6. The van der Waals surface area contributed by atoms with Gasteiger partial charge in [0.05, 0.1) is 59.7 Å². The van der Waals surface area contributed by atoms with Gasteiger partial charge in [-0.25, -0.2) is 29.9 Å². The molecule has 4 aromatic heterocycles. The minimum atomic E-state index is -1.35. The first kappa shape index (κ1) is 45.8. The molecular formula is C46H36Cl2N10O8. The number of aldehydes is 2. The smallest absolute Gasteiger partial charge is 0.255 e. The number of benzene rings is 4. The average Bonchev–Trinajstić information content (AvgIpc) is 3.97. The van der Waals surface area contributed by atoms with Crippen molar-refractivity contribution in [2.24, 2.45) is 0 Å². The number of ether oxygens (including phenoxy) is 2. The Hall–Kier alpha value is -8.22. The minimum absolute atomic E-state index is 0.203. The maximum Gasteiger partial charge on any atom is 0.255 e. The lowest BCUT2D eigenvalue weighted by Crippen LogP contribution is -2.32. The molecule has 2 N–H and O–H groups in total. The van der Waals surface area contributed by atoms with E-state index in [0.29, 0.717) is 68.9 Å². The molecule has 0 fully saturated rings. The van der Waals surface area contributed by atoms with E-state index < -0.39 is 35.5 Å². The van der Waals surface area contributed by atoms with Crippen LogP contribution in [0.1, 0.15) is 64.9 Å². The number of fused-ring (bicyclic) bond motifs is 2. The van der Waals surface area contributed by atoms with Gasteiger partial charge in [-0.2, -0.15) is 0 Å². The quantitative estimate of drug-likeness (QED) is 0.0617. The van der Waals surface area contributed by atoms with Crippen molar-refractivity contribution in [3.05, 3.63) is 154 Å². The monoisotopic (exact) mass is 926 g/mol. The number of rotatable bonds is 14. The standard InChI is InChI=1S/2C23H18ClN5O4/c2*1-13-19-22(26-11-25-13)29(12-27-19)20(21(31)15-4-6-16(33-2)7-5-15)23(32)28-18-9-14(10-30)3-8-17(18)24/h2*3-12,20H,1-2H3,(H,28,32). The molecule has 0 bridgehead atoms. The van der Waals surface area contributed by atoms with Crippen LogP contribution in [0.4, 0.5) is 11.4 Å². The van der Waals surface area contributed by atoms with Crippen LogP contribution in [0, 0.1) is 13.8 Å². The van der Waals surface area contributed by atoms with Crippen LogP contribution in [0.3, 0.4) is 0 Å². The van der Waals surface area contributed by atoms with E-state index in [4.69, 9.17) is 32.7 Å². The van der Waals surface area contributed by atoms with Crippen molar-refractivity contribution < 1.29 is 38.2 Å². The van der Waals surface area contributed by atoms with Crippen molar-refractivity contribution in [1.29, 1.82) is 0 Å². The fourth-order valence-electron chi connectivity index (χ4n) is 6.71. The van der Waals surface area contributed by atoms with Gasteiger partial charge in [0.1, 0.15) is 47.8 Å². The summed E-state index contributed by atoms with van der Waals surface area (Å²) in [5.74, 6) is -1.18. The summed E-state index contributed by atoms with van der Waals surface area (Å²) >= 11 is 12.4. The molecule has 0 spiro atoms. The maximum atomic E-state index is 13.5. The molecule has 4 heterocycles. The average molecular weight is 928 g/mol. The van der Waals surface area contributed by atoms with Gasteiger partial charge in [0.25, 0.3) is 11.8 Å². The van der Waals surface area contributed by atoms with Gasteiger partial charge in [0.2, 0.25) is 0 Å². The van der Waals surface area contributed by atoms with E-state index in [2.05, 4.69) is 40.5 Å². The van der Waals surface area contributed by atoms with Gasteiger partial charge in [0.15, 0.2) is 34.9 Å². The molecule has 332 valence electrons. The summed E-state index contributed by atoms with van der Waals surface area (Å²) in [4.78, 5) is 101. The van der Waals surface area contributed by atoms with E-state index in [9.17, 15) is 28.8 Å². The first-order valence-electron chi connectivity index (χ1n) is 19.6. The number of hydrogen-bond acceptors (Lipinski definition) is 14. The highest BCUT2D eigenvalue weighted by Gasteiger charge is 2.34. The first-order chi connectivity index (χ1) is 31.8. The number of nitrogens with one attached hydrogen (secondary N) is 2. The lowest BCUT2D eigenvalue weighted by molar-refractivity contribution is -0.118. The van der Waals surface area contributed by atoms with Gasteiger partial charge in [-0.05, 0) is 86.6 Å². The topological polar surface area (TPSA) is 232 Å². The summed E-state index contributed by atoms with van der Waals surface area (Å²) in [5, 5.41) is 5.76. The summed E-state index contributed by atoms with van der Waals surface area (Å²) < 4.78 is 13.1. The third-order valence-corrected chi connectivity index (χ3v) is 10.8. The molecule has 18 nitrogen and oxygen atoms in total. The van der Waals surface area contributed by atoms with Gasteiger partial charge in [-0.1, -0.05) is 35.3 Å². The highest BCUT2D eigenvalue weighted by Crippen LogP contribution is 2.29. The van der Waals surface area contributed by atoms with Crippen molar-refractivity contribution in [3.8, 4) is 11.5 Å². The van der Waals surface area contributed by atoms with Gasteiger partial charge in [-0.15, -0.1) is 0 Å². The number of aryl methyl sites for hydroxylation is 2. The van der Waals surface area contributed by atoms with Crippen LogP contribution in [0.5, 0.6) is 11.5 Å². The number of amides is 2. The number of carbonyl (C=O) groups is 6. The fraction of sp³-hybridized carbons (Fsp3) is 0.130. The summed E-state index contributed by atoms with van der Waals surface area (Å²) in [7, 11) is 3.04. The predicted octanol–water partition coefficient (Wildman–Crippen LogP) is 7.34. The Kier molecular flexibility index (Phi) is 13.9. The van der Waals surface area contributed by atoms with Crippen molar-refractivity contribution in [1.82, 2.24) is 39.0 Å². The summed E-state index contributed by atoms with van der Waals surface area (Å²) in [6.07, 6.45) is 6.70. The maximum absolute atomic E-state index is 13.5. The van der Waals surface area contributed by atoms with Crippen molar-refractivity contribution in [2.45, 2.75) is 25.9 Å². The minimum Gasteiger partial charge on any atom is -0.497 e. The normalized spacial score (nSPS) is 11.7. The lowest BCUT2D eigenvalue weighted by atomic mass is 10.0. The molecule has 2 unspecified atom stereocenters. The number of imidazole rings is 2. The Morgan fingerprint density at radius 2 is 0.939 bits per heavy atom. The number of hydrogen-bond donors (Lipinski definition) is 2. The molecule has 66 heavy (non-hydrogen) atoms. The summed E-state index contributed by atoms with van der Waals surface area (Å²) in [5.41, 5.74) is 4.45. The second-order valence-electron chi connectivity index (χ2n) is 14.2. The molecule has 0 saturated carbocycles. The Morgan fingerprint density at radius 1 is 0.561 bits per heavy atom. The Labute approximate surface area is 385 Å². The zero-order valence-electron chi connectivity index (χ0n) is 35.3. The van der Waals surface area contributed by atoms with Crippen LogP contribution in [0.25, 0.3) is 22.3 Å². The van der Waals surface area contributed by atoms with E-state index >= 15 is 0 Å². The molecule has 20 heteroatoms. The molecule has 2 atom stereocenters. The molecule has 0 aliphatic carbocycles. The van der Waals surface area contributed by atoms with Crippen LogP contribution in [-0.2, 0) is 9.59 Å². The van der Waals surface area contributed by atoms with Crippen LogP contribution in [-0.4, -0.2) is 89.2 Å². The summed E-state index contributed by atoms with van der Waals surface area (Å²) in [6.45, 7) is 3.51. The Bertz CT molecular complexity index is 2950. The molecule has 4 aromatic carbocycles. The number of halogens is 2. The molecule has 0 aliphatic rings. The zero-order chi connectivity index (χ0) is 47.1. The zero-order valence-corrected chi connectivity index (χ0v) is 36.8. The van der Waals surface area contributed by atoms with Crippen molar-refractivity contribution >= 4 is 92.9 Å². The van der Waals surface area contributed by atoms with Crippen LogP contribution in [0.15, 0.2) is 110 Å². The first-order valence-corrected chi connectivity index (χ1v) is 20.4. The van der Waals surface area contributed by atoms with Gasteiger partial charge in [0, 0.05) is 22.3 Å². The van der Waals surface area contributed by atoms with Gasteiger partial charge in [-0.3, -0.25) is 37.9 Å². The lowest BCUT2D eigenvalue weighted by Gasteiger charge is -2.18. The van der Waals surface area contributed by atoms with Crippen LogP contribution < -0.4 is 20.1 Å². The third kappa shape index (κ3) is 9.64. The number of aromatic nitrogens is 8. The predicted molar refractivity (Wildman–Crippen MR) is 244 cm³/mol. The molecule has 2 amide bonds. The van der Waals surface area contributed by atoms with Crippen LogP contribution in [0.2, 0.25) is 10.0 Å². The number of Topliss-reactive ketones (excluding diaryl/α,β-unsaturated/α-hetero) is 2. The van der Waals surface area contributed by atoms with E-state index in [1.54, 1.807) is 62.4 Å². The molecule has 0 aliphatic heterocycles. The Morgan fingerprint density at radius 3 is 1.29 bits per heavy atom. The Balaban J connectivity index is 0.000000196. The molecule has 0 radical (unpaired) electrons. The van der Waals surface area contributed by atoms with Crippen molar-refractivity contribution in [3.63, 3.8) is 0 Å². The number of methoxy groups -OCH3 is 2. The molecule has 8 aromatic rings. The molecular weight excluding hydrogens is 891 g/mol. The van der Waals surface area contributed by atoms with E-state index in [0.717, 1.165) is 0 Å². The second-order valence-corrected chi connectivity index (χ2v) is 15.1. The highest BCUT2D eigenvalue weighted by molar-refractivity contribution is 6.34. The molecule has 0 saturated heterocycles. The number of ketones is 2. The second kappa shape index (κ2) is 20.1. The number of nitrogens with zero attached hydrogens (tertiary/aromatic N) is 8. The van der Waals surface area contributed by atoms with Crippen molar-refractivity contribution in [2.75, 3.05) is 24.9 Å². The number of anilines is 2. The van der Waals surface area contributed by atoms with E-state index in [1.807, 2.05) is 0 Å². The molecule has 8 rings (SSSR count). The largest absolute Gasteiger partial charge is 0.497 e.